The molecule has 0 atom stereocenters. The molecule has 0 saturated heterocycles. The Balaban J connectivity index is 0.000000381. The van der Waals surface area contributed by atoms with Gasteiger partial charge in [0.15, 0.2) is 0 Å². The second-order valence-electron chi connectivity index (χ2n) is 5.99. The number of hydrogen-bond donors (Lipinski definition) is 0. The second kappa shape index (κ2) is 6.50. The van der Waals surface area contributed by atoms with Crippen molar-refractivity contribution in [1.29, 1.82) is 0 Å². The zero-order valence-electron chi connectivity index (χ0n) is 14.0. The maximum absolute atomic E-state index is 10.7. The maximum atomic E-state index is 9.87. The Morgan fingerprint density at radius 1 is 0.800 bits per heavy atom. The number of nitrogens with zero attached hydrogens (tertiary/aromatic N) is 1. The van der Waals surface area contributed by atoms with Crippen molar-refractivity contribution in [1.82, 2.24) is 4.48 Å². The van der Waals surface area contributed by atoms with Gasteiger partial charge in [-0.25, -0.2) is 0 Å². The molecule has 0 aliphatic rings. The number of quaternary nitrogens is 1. The molecule has 2 aromatic carbocycles. The summed E-state index contributed by atoms with van der Waals surface area (Å²) < 4.78 is 65.2. The normalized spacial score (nSPS) is 14.6. The van der Waals surface area contributed by atoms with E-state index < -0.39 is 7.81 Å². The van der Waals surface area contributed by atoms with E-state index >= 15 is 0 Å². The van der Waals surface area contributed by atoms with Gasteiger partial charge in [0.1, 0.15) is 18.0 Å². The molecule has 0 radical (unpaired) electrons. The summed E-state index contributed by atoms with van der Waals surface area (Å²) in [5.74, 6) is 0.906. The molecule has 9 heteroatoms. The van der Waals surface area contributed by atoms with Gasteiger partial charge in [-0.15, -0.1) is 0 Å². The average molecular weight is 387 g/mol. The fraction of sp³-hybridized carbons (Fsp3) is 0.250. The van der Waals surface area contributed by atoms with Gasteiger partial charge in [-0.05, 0) is 36.4 Å². The van der Waals surface area contributed by atoms with Crippen LogP contribution < -0.4 is 9.22 Å². The van der Waals surface area contributed by atoms with Crippen LogP contribution in [-0.4, -0.2) is 21.2 Å². The van der Waals surface area contributed by atoms with Crippen LogP contribution in [0.2, 0.25) is 0 Å². The predicted octanol–water partition coefficient (Wildman–Crippen LogP) is 6.84. The summed E-state index contributed by atoms with van der Waals surface area (Å²) in [6, 6.07) is 18.8. The summed E-state index contributed by atoms with van der Waals surface area (Å²) >= 11 is 0. The Morgan fingerprint density at radius 2 is 1.24 bits per heavy atom. The van der Waals surface area contributed by atoms with Gasteiger partial charge in [0.05, 0.1) is 21.2 Å². The zero-order valence-corrected chi connectivity index (χ0v) is 14.9. The molecule has 0 heterocycles. The van der Waals surface area contributed by atoms with E-state index in [1.807, 2.05) is 12.1 Å². The van der Waals surface area contributed by atoms with Crippen LogP contribution in [-0.2, 0) is 6.54 Å². The number of benzene rings is 2. The van der Waals surface area contributed by atoms with Crippen LogP contribution in [0, 0.1) is 0 Å². The Hall–Kier alpha value is -1.79. The van der Waals surface area contributed by atoms with Crippen molar-refractivity contribution in [3.8, 4) is 5.75 Å². The van der Waals surface area contributed by atoms with Gasteiger partial charge in [-0.1, -0.05) is 18.2 Å². The molecule has 0 aliphatic heterocycles. The van der Waals surface area contributed by atoms with Gasteiger partial charge in [-0.2, -0.15) is 0 Å². The Morgan fingerprint density at radius 3 is 1.64 bits per heavy atom. The van der Waals surface area contributed by atoms with Gasteiger partial charge < -0.3 is 4.74 Å². The second-order valence-corrected chi connectivity index (χ2v) is 7.90. The topological polar surface area (TPSA) is 9.23 Å². The number of rotatable bonds is 4. The standard InChI is InChI=1S/C16H20NO.F6P/c1-17(2,15-7-5-4-6-8-15)13-14-9-11-16(18-3)12-10-14;1-7(2,3,4,5)6/h4-12H,13H2,1-3H3;/q+1;-1. The van der Waals surface area contributed by atoms with E-state index in [4.69, 9.17) is 4.74 Å². The summed E-state index contributed by atoms with van der Waals surface area (Å²) in [5.41, 5.74) is 2.62. The first kappa shape index (κ1) is 21.3. The van der Waals surface area contributed by atoms with Crippen LogP contribution in [0.5, 0.6) is 5.75 Å². The van der Waals surface area contributed by atoms with Gasteiger partial charge in [-0.3, -0.25) is 4.48 Å². The molecule has 25 heavy (non-hydrogen) atoms. The number of hydrogen-bond acceptors (Lipinski definition) is 1. The summed E-state index contributed by atoms with van der Waals surface area (Å²) in [6.45, 7) is 0.966. The van der Waals surface area contributed by atoms with E-state index in [-0.39, 0.29) is 0 Å². The fourth-order valence-electron chi connectivity index (χ4n) is 2.11. The number of halogens is 6. The minimum atomic E-state index is -10.7. The molecule has 2 aromatic rings. The SMILES string of the molecule is COc1ccc(C[N+](C)(C)c2ccccc2)cc1.F[P-](F)(F)(F)(F)F. The molecule has 2 nitrogen and oxygen atoms in total. The fourth-order valence-corrected chi connectivity index (χ4v) is 2.11. The van der Waals surface area contributed by atoms with E-state index in [0.29, 0.717) is 0 Å². The summed E-state index contributed by atoms with van der Waals surface area (Å²) in [6.07, 6.45) is 0. The summed E-state index contributed by atoms with van der Waals surface area (Å²) in [5, 5.41) is 0. The Bertz CT molecular complexity index is 673. The van der Waals surface area contributed by atoms with E-state index in [1.54, 1.807) is 7.11 Å². The summed E-state index contributed by atoms with van der Waals surface area (Å²) in [7, 11) is -4.52. The molecule has 0 bridgehead atoms. The average Bonchev–Trinajstić information content (AvgIpc) is 2.45. The third-order valence-electron chi connectivity index (χ3n) is 3.19. The quantitative estimate of drug-likeness (QED) is 0.317. The van der Waals surface area contributed by atoms with Crippen LogP contribution >= 0.6 is 7.81 Å². The first-order valence-electron chi connectivity index (χ1n) is 7.15. The minimum absolute atomic E-state index is 0.840. The van der Waals surface area contributed by atoms with Crippen molar-refractivity contribution in [2.75, 3.05) is 21.2 Å². The molecule has 0 fully saturated rings. The van der Waals surface area contributed by atoms with Crippen LogP contribution in [0.4, 0.5) is 30.9 Å². The predicted molar refractivity (Wildman–Crippen MR) is 90.4 cm³/mol. The molecule has 0 amide bonds. The molecule has 0 spiro atoms. The third kappa shape index (κ3) is 10.6. The number of para-hydroxylation sites is 1. The summed E-state index contributed by atoms with van der Waals surface area (Å²) in [4.78, 5) is 0. The van der Waals surface area contributed by atoms with Crippen LogP contribution in [0.1, 0.15) is 5.56 Å². The van der Waals surface area contributed by atoms with Crippen LogP contribution in [0.3, 0.4) is 0 Å². The van der Waals surface area contributed by atoms with Crippen molar-refractivity contribution in [2.45, 2.75) is 6.54 Å². The van der Waals surface area contributed by atoms with Gasteiger partial charge in [0.2, 0.25) is 0 Å². The molecular formula is C16H20F6NOP. The first-order valence-corrected chi connectivity index (χ1v) is 9.17. The zero-order chi connectivity index (χ0) is 19.4. The van der Waals surface area contributed by atoms with Gasteiger partial charge >= 0.3 is 33.0 Å². The van der Waals surface area contributed by atoms with Gasteiger partial charge in [0.25, 0.3) is 0 Å². The van der Waals surface area contributed by atoms with Crippen LogP contribution in [0.15, 0.2) is 54.6 Å². The first-order chi connectivity index (χ1) is 11.1. The van der Waals surface area contributed by atoms with Gasteiger partial charge in [0, 0.05) is 5.56 Å². The molecule has 142 valence electrons. The van der Waals surface area contributed by atoms with E-state index in [9.17, 15) is 25.2 Å². The number of methoxy groups -OCH3 is 1. The molecule has 0 aliphatic carbocycles. The van der Waals surface area contributed by atoms with Crippen molar-refractivity contribution in [3.05, 3.63) is 60.2 Å². The third-order valence-corrected chi connectivity index (χ3v) is 3.19. The van der Waals surface area contributed by atoms with Crippen molar-refractivity contribution >= 4 is 13.5 Å². The number of ether oxygens (including phenoxy) is 1. The van der Waals surface area contributed by atoms with E-state index in [2.05, 4.69) is 56.6 Å². The molecular weight excluding hydrogens is 367 g/mol. The van der Waals surface area contributed by atoms with Crippen molar-refractivity contribution in [3.63, 3.8) is 0 Å². The van der Waals surface area contributed by atoms with E-state index in [1.165, 1.54) is 11.3 Å². The molecule has 2 rings (SSSR count). The molecule has 0 unspecified atom stereocenters. The monoisotopic (exact) mass is 387 g/mol. The van der Waals surface area contributed by atoms with Crippen LogP contribution in [0.25, 0.3) is 0 Å². The molecule has 0 saturated carbocycles. The Kier molecular flexibility index (Phi) is 5.52. The molecule has 0 aromatic heterocycles. The molecule has 0 N–H and O–H groups in total. The van der Waals surface area contributed by atoms with Crippen molar-refractivity contribution < 1.29 is 29.9 Å². The van der Waals surface area contributed by atoms with Crippen molar-refractivity contribution in [2.24, 2.45) is 0 Å². The van der Waals surface area contributed by atoms with E-state index in [0.717, 1.165) is 16.8 Å². The Labute approximate surface area is 142 Å².